The summed E-state index contributed by atoms with van der Waals surface area (Å²) in [6.07, 6.45) is 4.54. The van der Waals surface area contributed by atoms with Crippen molar-refractivity contribution < 1.29 is 0 Å². The van der Waals surface area contributed by atoms with Gasteiger partial charge in [0.1, 0.15) is 5.69 Å². The van der Waals surface area contributed by atoms with Crippen LogP contribution in [0.25, 0.3) is 0 Å². The van der Waals surface area contributed by atoms with Crippen molar-refractivity contribution in [1.29, 1.82) is 0 Å². The summed E-state index contributed by atoms with van der Waals surface area (Å²) in [4.78, 5) is 8.80. The van der Waals surface area contributed by atoms with Gasteiger partial charge in [-0.3, -0.25) is 10.4 Å². The first kappa shape index (κ1) is 15.7. The molecule has 3 rings (SSSR count). The normalized spacial score (nSPS) is 19.1. The minimum atomic E-state index is 0.675. The first-order chi connectivity index (χ1) is 11.2. The Kier molecular flexibility index (Phi) is 4.76. The predicted octanol–water partition coefficient (Wildman–Crippen LogP) is 1.55. The summed E-state index contributed by atoms with van der Waals surface area (Å²) in [5, 5.41) is 8.60. The highest BCUT2D eigenvalue weighted by atomic mass is 32.1. The molecule has 2 aliphatic rings. The standard InChI is InChI=1S/C16H22N6S/c1-3-21-8-10-22(11-9-21)16(23)20-19-13-5-7-17-14-12(2)4-6-18-15(13)14/h3-4,6,17H,1,5,7-11H2,2H3,(H,20,23)/b19-13-. The molecule has 0 unspecified atom stereocenters. The summed E-state index contributed by atoms with van der Waals surface area (Å²) in [7, 11) is 0. The van der Waals surface area contributed by atoms with Gasteiger partial charge < -0.3 is 15.1 Å². The average Bonchev–Trinajstić information content (AvgIpc) is 2.60. The van der Waals surface area contributed by atoms with Crippen molar-refractivity contribution in [1.82, 2.24) is 20.2 Å². The number of hydrazone groups is 1. The smallest absolute Gasteiger partial charge is 0.189 e. The molecule has 0 bridgehead atoms. The lowest BCUT2D eigenvalue weighted by atomic mass is 10.0. The largest absolute Gasteiger partial charge is 0.383 e. The van der Waals surface area contributed by atoms with E-state index in [9.17, 15) is 0 Å². The van der Waals surface area contributed by atoms with Crippen LogP contribution in [-0.4, -0.2) is 58.3 Å². The molecular formula is C16H22N6S. The van der Waals surface area contributed by atoms with E-state index in [4.69, 9.17) is 12.2 Å². The van der Waals surface area contributed by atoms with E-state index in [2.05, 4.69) is 44.1 Å². The highest BCUT2D eigenvalue weighted by Crippen LogP contribution is 2.23. The van der Waals surface area contributed by atoms with Crippen LogP contribution in [-0.2, 0) is 0 Å². The van der Waals surface area contributed by atoms with Crippen molar-refractivity contribution in [3.05, 3.63) is 36.3 Å². The molecule has 1 aromatic rings. The number of aryl methyl sites for hydroxylation is 1. The molecular weight excluding hydrogens is 308 g/mol. The molecule has 0 saturated carbocycles. The highest BCUT2D eigenvalue weighted by Gasteiger charge is 2.20. The van der Waals surface area contributed by atoms with Gasteiger partial charge >= 0.3 is 0 Å². The van der Waals surface area contributed by atoms with Gasteiger partial charge in [0.25, 0.3) is 0 Å². The number of piperazine rings is 1. The Labute approximate surface area is 142 Å². The number of aromatic nitrogens is 1. The third-order valence-corrected chi connectivity index (χ3v) is 4.59. The molecule has 3 heterocycles. The Morgan fingerprint density at radius 1 is 1.43 bits per heavy atom. The third kappa shape index (κ3) is 3.44. The lowest BCUT2D eigenvalue weighted by Crippen LogP contribution is -2.49. The van der Waals surface area contributed by atoms with Crippen molar-refractivity contribution in [2.75, 3.05) is 38.0 Å². The molecule has 6 nitrogen and oxygen atoms in total. The van der Waals surface area contributed by atoms with Crippen LogP contribution in [0.3, 0.4) is 0 Å². The first-order valence-corrected chi connectivity index (χ1v) is 8.28. The van der Waals surface area contributed by atoms with E-state index in [1.165, 1.54) is 5.56 Å². The van der Waals surface area contributed by atoms with Crippen LogP contribution in [0.1, 0.15) is 17.7 Å². The van der Waals surface area contributed by atoms with E-state index in [0.29, 0.717) is 5.11 Å². The molecule has 7 heteroatoms. The van der Waals surface area contributed by atoms with Crippen molar-refractivity contribution in [2.24, 2.45) is 5.10 Å². The summed E-state index contributed by atoms with van der Waals surface area (Å²) >= 11 is 5.47. The molecule has 23 heavy (non-hydrogen) atoms. The number of rotatable bonds is 2. The van der Waals surface area contributed by atoms with Crippen LogP contribution in [0, 0.1) is 6.92 Å². The zero-order chi connectivity index (χ0) is 16.2. The zero-order valence-electron chi connectivity index (χ0n) is 13.4. The van der Waals surface area contributed by atoms with Crippen LogP contribution < -0.4 is 10.7 Å². The van der Waals surface area contributed by atoms with Gasteiger partial charge in [0.05, 0.1) is 11.4 Å². The molecule has 1 aromatic heterocycles. The Balaban J connectivity index is 1.66. The van der Waals surface area contributed by atoms with Crippen LogP contribution in [0.4, 0.5) is 5.69 Å². The lowest BCUT2D eigenvalue weighted by Gasteiger charge is -2.35. The van der Waals surface area contributed by atoms with Gasteiger partial charge in [0, 0.05) is 45.3 Å². The van der Waals surface area contributed by atoms with E-state index < -0.39 is 0 Å². The van der Waals surface area contributed by atoms with Crippen molar-refractivity contribution in [2.45, 2.75) is 13.3 Å². The van der Waals surface area contributed by atoms with Crippen LogP contribution in [0.2, 0.25) is 0 Å². The third-order valence-electron chi connectivity index (χ3n) is 4.24. The number of anilines is 1. The van der Waals surface area contributed by atoms with Crippen molar-refractivity contribution >= 4 is 28.7 Å². The minimum absolute atomic E-state index is 0.675. The van der Waals surface area contributed by atoms with Gasteiger partial charge in [-0.1, -0.05) is 6.58 Å². The molecule has 2 aliphatic heterocycles. The Morgan fingerprint density at radius 2 is 2.22 bits per heavy atom. The second kappa shape index (κ2) is 6.95. The van der Waals surface area contributed by atoms with Gasteiger partial charge in [-0.05, 0) is 37.0 Å². The van der Waals surface area contributed by atoms with E-state index in [-0.39, 0.29) is 0 Å². The van der Waals surface area contributed by atoms with Gasteiger partial charge in [-0.2, -0.15) is 5.10 Å². The molecule has 2 N–H and O–H groups in total. The van der Waals surface area contributed by atoms with E-state index in [1.807, 2.05) is 18.5 Å². The second-order valence-electron chi connectivity index (χ2n) is 5.71. The molecule has 0 atom stereocenters. The van der Waals surface area contributed by atoms with Crippen LogP contribution in [0.15, 0.2) is 30.1 Å². The van der Waals surface area contributed by atoms with E-state index >= 15 is 0 Å². The Bertz CT molecular complexity index is 633. The number of hydrogen-bond acceptors (Lipinski definition) is 5. The fraction of sp³-hybridized carbons (Fsp3) is 0.438. The Hall–Kier alpha value is -2.15. The fourth-order valence-electron chi connectivity index (χ4n) is 2.83. The molecule has 0 aromatic carbocycles. The maximum absolute atomic E-state index is 5.47. The molecule has 0 spiro atoms. The van der Waals surface area contributed by atoms with Crippen LogP contribution in [0.5, 0.6) is 0 Å². The maximum atomic E-state index is 5.47. The number of fused-ring (bicyclic) bond motifs is 1. The molecule has 122 valence electrons. The number of nitrogens with one attached hydrogen (secondary N) is 2. The lowest BCUT2D eigenvalue weighted by molar-refractivity contribution is 0.236. The number of pyridine rings is 1. The first-order valence-electron chi connectivity index (χ1n) is 7.87. The fourth-order valence-corrected chi connectivity index (χ4v) is 3.06. The summed E-state index contributed by atoms with van der Waals surface area (Å²) < 4.78 is 0. The average molecular weight is 330 g/mol. The second-order valence-corrected chi connectivity index (χ2v) is 6.10. The molecule has 0 amide bonds. The zero-order valence-corrected chi connectivity index (χ0v) is 14.2. The molecule has 1 saturated heterocycles. The summed E-state index contributed by atoms with van der Waals surface area (Å²) in [6, 6.07) is 2.01. The summed E-state index contributed by atoms with van der Waals surface area (Å²) in [5.41, 5.74) is 7.18. The molecule has 0 aliphatic carbocycles. The Morgan fingerprint density at radius 3 is 2.96 bits per heavy atom. The maximum Gasteiger partial charge on any atom is 0.189 e. The predicted molar refractivity (Wildman–Crippen MR) is 97.7 cm³/mol. The number of thiocarbonyl (C=S) groups is 1. The monoisotopic (exact) mass is 330 g/mol. The van der Waals surface area contributed by atoms with Crippen LogP contribution >= 0.6 is 12.2 Å². The van der Waals surface area contributed by atoms with Gasteiger partial charge in [-0.25, -0.2) is 0 Å². The minimum Gasteiger partial charge on any atom is -0.383 e. The molecule has 1 fully saturated rings. The number of hydrogen-bond donors (Lipinski definition) is 2. The molecule has 0 radical (unpaired) electrons. The highest BCUT2D eigenvalue weighted by molar-refractivity contribution is 7.80. The van der Waals surface area contributed by atoms with Gasteiger partial charge in [0.2, 0.25) is 0 Å². The van der Waals surface area contributed by atoms with Crippen molar-refractivity contribution in [3.63, 3.8) is 0 Å². The van der Waals surface area contributed by atoms with Gasteiger partial charge in [0.15, 0.2) is 5.11 Å². The van der Waals surface area contributed by atoms with E-state index in [1.54, 1.807) is 0 Å². The number of nitrogens with zero attached hydrogens (tertiary/aromatic N) is 4. The quantitative estimate of drug-likeness (QED) is 0.634. The topological polar surface area (TPSA) is 55.8 Å². The van der Waals surface area contributed by atoms with Crippen molar-refractivity contribution in [3.8, 4) is 0 Å². The van der Waals surface area contributed by atoms with Gasteiger partial charge in [-0.15, -0.1) is 0 Å². The SMILES string of the molecule is C=CN1CCN(C(=S)N/N=C2/CCNc3c(C)ccnc32)CC1. The summed E-state index contributed by atoms with van der Waals surface area (Å²) in [6.45, 7) is 10.4. The van der Waals surface area contributed by atoms with E-state index in [0.717, 1.165) is 56.2 Å². The summed E-state index contributed by atoms with van der Waals surface area (Å²) in [5.74, 6) is 0.